The molecule has 2 rings (SSSR count). The molecule has 1 aromatic rings. The van der Waals surface area contributed by atoms with E-state index in [1.165, 1.54) is 6.42 Å². The van der Waals surface area contributed by atoms with Gasteiger partial charge in [0.05, 0.1) is 19.8 Å². The maximum atomic E-state index is 12.3. The minimum atomic E-state index is -0.0996. The van der Waals surface area contributed by atoms with E-state index in [4.69, 9.17) is 9.47 Å². The van der Waals surface area contributed by atoms with Gasteiger partial charge in [0, 0.05) is 18.7 Å². The fourth-order valence-corrected chi connectivity index (χ4v) is 2.83. The quantitative estimate of drug-likeness (QED) is 0.870. The molecule has 5 nitrogen and oxygen atoms in total. The zero-order chi connectivity index (χ0) is 15.2. The minimum Gasteiger partial charge on any atom is -0.497 e. The van der Waals surface area contributed by atoms with Crippen molar-refractivity contribution in [2.24, 2.45) is 0 Å². The van der Waals surface area contributed by atoms with Gasteiger partial charge in [-0.1, -0.05) is 6.92 Å². The number of ether oxygens (including phenoxy) is 2. The van der Waals surface area contributed by atoms with Gasteiger partial charge >= 0.3 is 0 Å². The molecule has 0 radical (unpaired) electrons. The highest BCUT2D eigenvalue weighted by Gasteiger charge is 2.23. The number of amides is 1. The Kier molecular flexibility index (Phi) is 5.44. The van der Waals surface area contributed by atoms with Gasteiger partial charge in [-0.15, -0.1) is 0 Å². The van der Waals surface area contributed by atoms with E-state index < -0.39 is 0 Å². The summed E-state index contributed by atoms with van der Waals surface area (Å²) in [7, 11) is 3.15. The van der Waals surface area contributed by atoms with Gasteiger partial charge in [-0.3, -0.25) is 9.69 Å². The largest absolute Gasteiger partial charge is 0.497 e. The van der Waals surface area contributed by atoms with Crippen molar-refractivity contribution in [3.05, 3.63) is 23.8 Å². The lowest BCUT2D eigenvalue weighted by Crippen LogP contribution is -2.40. The number of hydrogen-bond acceptors (Lipinski definition) is 4. The number of benzene rings is 1. The van der Waals surface area contributed by atoms with Crippen LogP contribution in [0, 0.1) is 0 Å². The van der Waals surface area contributed by atoms with E-state index >= 15 is 0 Å². The Labute approximate surface area is 126 Å². The van der Waals surface area contributed by atoms with Crippen molar-refractivity contribution < 1.29 is 14.3 Å². The van der Waals surface area contributed by atoms with E-state index in [-0.39, 0.29) is 5.91 Å². The molecule has 1 amide bonds. The predicted octanol–water partition coefficient (Wildman–Crippen LogP) is 1.92. The number of rotatable bonds is 6. The van der Waals surface area contributed by atoms with Crippen LogP contribution in [0.5, 0.6) is 11.5 Å². The van der Waals surface area contributed by atoms with Gasteiger partial charge in [0.25, 0.3) is 5.91 Å². The second-order valence-electron chi connectivity index (χ2n) is 5.20. The Morgan fingerprint density at radius 3 is 2.86 bits per heavy atom. The number of nitrogens with one attached hydrogen (secondary N) is 1. The number of hydrogen-bond donors (Lipinski definition) is 1. The average Bonchev–Trinajstić information content (AvgIpc) is 2.99. The van der Waals surface area contributed by atoms with Crippen LogP contribution >= 0.6 is 0 Å². The molecule has 0 aromatic heterocycles. The van der Waals surface area contributed by atoms with E-state index in [0.29, 0.717) is 29.6 Å². The molecule has 0 bridgehead atoms. The van der Waals surface area contributed by atoms with Crippen LogP contribution in [0.4, 0.5) is 0 Å². The Balaban J connectivity index is 2.00. The van der Waals surface area contributed by atoms with Crippen LogP contribution in [0.1, 0.15) is 30.1 Å². The van der Waals surface area contributed by atoms with Gasteiger partial charge in [-0.05, 0) is 38.1 Å². The molecule has 1 N–H and O–H groups in total. The van der Waals surface area contributed by atoms with Crippen LogP contribution in [0.15, 0.2) is 18.2 Å². The standard InChI is InChI=1S/C16H24N2O3/c1-4-18-9-5-6-12(18)11-17-16(19)14-8-7-13(20-2)10-15(14)21-3/h7-8,10,12H,4-6,9,11H2,1-3H3,(H,17,19)/t12-/m0/s1. The third kappa shape index (κ3) is 3.67. The SMILES string of the molecule is CCN1CCC[C@H]1CNC(=O)c1ccc(OC)cc1OC. The average molecular weight is 292 g/mol. The third-order valence-electron chi connectivity index (χ3n) is 4.06. The van der Waals surface area contributed by atoms with Gasteiger partial charge < -0.3 is 14.8 Å². The van der Waals surface area contributed by atoms with Gasteiger partial charge in [0.15, 0.2) is 0 Å². The lowest BCUT2D eigenvalue weighted by atomic mass is 10.1. The molecule has 0 unspecified atom stereocenters. The second-order valence-corrected chi connectivity index (χ2v) is 5.20. The van der Waals surface area contributed by atoms with Crippen molar-refractivity contribution in [1.82, 2.24) is 10.2 Å². The fraction of sp³-hybridized carbons (Fsp3) is 0.562. The number of carbonyl (C=O) groups excluding carboxylic acids is 1. The summed E-state index contributed by atoms with van der Waals surface area (Å²) in [5, 5.41) is 3.02. The Morgan fingerprint density at radius 2 is 2.19 bits per heavy atom. The van der Waals surface area contributed by atoms with E-state index in [9.17, 15) is 4.79 Å². The summed E-state index contributed by atoms with van der Waals surface area (Å²) >= 11 is 0. The molecule has 0 aliphatic carbocycles. The number of nitrogens with zero attached hydrogens (tertiary/aromatic N) is 1. The summed E-state index contributed by atoms with van der Waals surface area (Å²) in [6.45, 7) is 5.00. The molecule has 1 aromatic carbocycles. The molecule has 1 saturated heterocycles. The highest BCUT2D eigenvalue weighted by molar-refractivity contribution is 5.97. The van der Waals surface area contributed by atoms with Crippen molar-refractivity contribution in [1.29, 1.82) is 0 Å². The number of carbonyl (C=O) groups is 1. The summed E-state index contributed by atoms with van der Waals surface area (Å²) in [5.74, 6) is 1.11. The molecule has 5 heteroatoms. The molecular weight excluding hydrogens is 268 g/mol. The van der Waals surface area contributed by atoms with Gasteiger partial charge in [-0.2, -0.15) is 0 Å². The summed E-state index contributed by atoms with van der Waals surface area (Å²) in [5.41, 5.74) is 0.541. The molecule has 1 aliphatic rings. The zero-order valence-corrected chi connectivity index (χ0v) is 13.0. The molecule has 0 saturated carbocycles. The molecule has 21 heavy (non-hydrogen) atoms. The minimum absolute atomic E-state index is 0.0996. The van der Waals surface area contributed by atoms with Crippen molar-refractivity contribution in [2.45, 2.75) is 25.8 Å². The molecule has 1 fully saturated rings. The third-order valence-corrected chi connectivity index (χ3v) is 4.06. The first-order valence-electron chi connectivity index (χ1n) is 7.43. The first-order valence-corrected chi connectivity index (χ1v) is 7.43. The van der Waals surface area contributed by atoms with Gasteiger partial charge in [0.1, 0.15) is 11.5 Å². The van der Waals surface area contributed by atoms with Crippen LogP contribution in [0.2, 0.25) is 0 Å². The molecular formula is C16H24N2O3. The van der Waals surface area contributed by atoms with E-state index in [2.05, 4.69) is 17.1 Å². The number of likely N-dealkylation sites (tertiary alicyclic amines) is 1. The van der Waals surface area contributed by atoms with E-state index in [1.54, 1.807) is 32.4 Å². The summed E-state index contributed by atoms with van der Waals surface area (Å²) in [6, 6.07) is 5.68. The van der Waals surface area contributed by atoms with Gasteiger partial charge in [0.2, 0.25) is 0 Å². The number of methoxy groups -OCH3 is 2. The van der Waals surface area contributed by atoms with E-state index in [1.807, 2.05) is 0 Å². The van der Waals surface area contributed by atoms with Crippen molar-refractivity contribution >= 4 is 5.91 Å². The molecule has 1 aliphatic heterocycles. The highest BCUT2D eigenvalue weighted by atomic mass is 16.5. The Hall–Kier alpha value is -1.75. The normalized spacial score (nSPS) is 18.5. The van der Waals surface area contributed by atoms with Crippen molar-refractivity contribution in [3.8, 4) is 11.5 Å². The first-order chi connectivity index (χ1) is 10.2. The van der Waals surface area contributed by atoms with Crippen LogP contribution in [0.25, 0.3) is 0 Å². The first kappa shape index (κ1) is 15.6. The monoisotopic (exact) mass is 292 g/mol. The van der Waals surface area contributed by atoms with Crippen molar-refractivity contribution in [3.63, 3.8) is 0 Å². The van der Waals surface area contributed by atoms with Crippen LogP contribution in [-0.4, -0.2) is 50.7 Å². The number of likely N-dealkylation sites (N-methyl/N-ethyl adjacent to an activating group) is 1. The fourth-order valence-electron chi connectivity index (χ4n) is 2.83. The van der Waals surface area contributed by atoms with Gasteiger partial charge in [-0.25, -0.2) is 0 Å². The molecule has 1 heterocycles. The maximum absolute atomic E-state index is 12.3. The summed E-state index contributed by atoms with van der Waals surface area (Å²) in [6.07, 6.45) is 2.36. The lowest BCUT2D eigenvalue weighted by Gasteiger charge is -2.23. The van der Waals surface area contributed by atoms with Crippen LogP contribution in [0.3, 0.4) is 0 Å². The van der Waals surface area contributed by atoms with Crippen LogP contribution in [-0.2, 0) is 0 Å². The maximum Gasteiger partial charge on any atom is 0.255 e. The molecule has 0 spiro atoms. The molecule has 116 valence electrons. The van der Waals surface area contributed by atoms with Crippen molar-refractivity contribution in [2.75, 3.05) is 33.9 Å². The Morgan fingerprint density at radius 1 is 1.38 bits per heavy atom. The highest BCUT2D eigenvalue weighted by Crippen LogP contribution is 2.24. The second kappa shape index (κ2) is 7.31. The van der Waals surface area contributed by atoms with E-state index in [0.717, 1.165) is 19.5 Å². The molecule has 1 atom stereocenters. The van der Waals surface area contributed by atoms with Crippen LogP contribution < -0.4 is 14.8 Å². The summed E-state index contributed by atoms with van der Waals surface area (Å²) < 4.78 is 10.4. The predicted molar refractivity (Wildman–Crippen MR) is 82.1 cm³/mol. The smallest absolute Gasteiger partial charge is 0.255 e. The zero-order valence-electron chi connectivity index (χ0n) is 13.0. The lowest BCUT2D eigenvalue weighted by molar-refractivity contribution is 0.0938. The summed E-state index contributed by atoms with van der Waals surface area (Å²) in [4.78, 5) is 14.7. The Bertz CT molecular complexity index is 490. The topological polar surface area (TPSA) is 50.8 Å².